The quantitative estimate of drug-likeness (QED) is 0.708. The topological polar surface area (TPSA) is 38.1 Å². The van der Waals surface area contributed by atoms with Gasteiger partial charge in [-0.05, 0) is 38.1 Å². The van der Waals surface area contributed by atoms with E-state index in [1.807, 2.05) is 36.6 Å². The summed E-state index contributed by atoms with van der Waals surface area (Å²) in [6.07, 6.45) is 1.69. The van der Waals surface area contributed by atoms with Gasteiger partial charge in [0.25, 0.3) is 5.91 Å². The minimum atomic E-state index is -0.663. The summed E-state index contributed by atoms with van der Waals surface area (Å²) in [5.41, 5.74) is 2.43. The van der Waals surface area contributed by atoms with Crippen molar-refractivity contribution < 1.29 is 13.6 Å². The minimum Gasteiger partial charge on any atom is -0.337 e. The summed E-state index contributed by atoms with van der Waals surface area (Å²) in [4.78, 5) is 18.6. The van der Waals surface area contributed by atoms with E-state index in [2.05, 4.69) is 4.98 Å². The smallest absolute Gasteiger partial charge is 0.255 e. The van der Waals surface area contributed by atoms with Crippen molar-refractivity contribution in [3.63, 3.8) is 0 Å². The van der Waals surface area contributed by atoms with Gasteiger partial charge in [-0.1, -0.05) is 12.1 Å². The molecule has 2 aromatic heterocycles. The minimum absolute atomic E-state index is 0.0538. The number of benzene rings is 1. The van der Waals surface area contributed by atoms with Crippen LogP contribution in [0.2, 0.25) is 0 Å². The number of hydrogen-bond donors (Lipinski definition) is 0. The second kappa shape index (κ2) is 7.07. The largest absolute Gasteiger partial charge is 0.337 e. The van der Waals surface area contributed by atoms with Crippen molar-refractivity contribution in [2.75, 3.05) is 7.05 Å². The van der Waals surface area contributed by atoms with E-state index >= 15 is 0 Å². The highest BCUT2D eigenvalue weighted by Crippen LogP contribution is 2.21. The number of halogens is 2. The molecule has 3 rings (SSSR count). The van der Waals surface area contributed by atoms with Crippen molar-refractivity contribution in [3.8, 4) is 5.82 Å². The maximum Gasteiger partial charge on any atom is 0.255 e. The van der Waals surface area contributed by atoms with E-state index in [4.69, 9.17) is 0 Å². The summed E-state index contributed by atoms with van der Waals surface area (Å²) in [5.74, 6) is -0.805. The predicted molar refractivity (Wildman–Crippen MR) is 95.2 cm³/mol. The molecule has 1 amide bonds. The van der Waals surface area contributed by atoms with Crippen molar-refractivity contribution in [1.82, 2.24) is 14.5 Å². The van der Waals surface area contributed by atoms with E-state index in [1.54, 1.807) is 19.3 Å². The third-order valence-corrected chi connectivity index (χ3v) is 4.31. The van der Waals surface area contributed by atoms with E-state index in [0.717, 1.165) is 23.3 Å². The molecule has 0 saturated heterocycles. The molecule has 2 heterocycles. The SMILES string of the molecule is Cc1cc(C(=O)N(C)Cc2ccc(F)cc2F)c(C)n1-c1ccccn1. The van der Waals surface area contributed by atoms with Gasteiger partial charge >= 0.3 is 0 Å². The number of aromatic nitrogens is 2. The van der Waals surface area contributed by atoms with Crippen LogP contribution in [0.3, 0.4) is 0 Å². The highest BCUT2D eigenvalue weighted by atomic mass is 19.1. The Labute approximate surface area is 150 Å². The standard InChI is InChI=1S/C20H19F2N3O/c1-13-10-17(14(2)25(13)19-6-4-5-9-23-19)20(26)24(3)12-15-7-8-16(21)11-18(15)22/h4-11H,12H2,1-3H3. The third kappa shape index (κ3) is 3.35. The summed E-state index contributed by atoms with van der Waals surface area (Å²) in [6, 6.07) is 10.7. The molecule has 0 saturated carbocycles. The molecule has 0 aliphatic heterocycles. The lowest BCUT2D eigenvalue weighted by atomic mass is 10.1. The molecule has 4 nitrogen and oxygen atoms in total. The molecule has 1 aromatic carbocycles. The van der Waals surface area contributed by atoms with Gasteiger partial charge in [0, 0.05) is 42.8 Å². The first-order chi connectivity index (χ1) is 12.4. The first-order valence-corrected chi connectivity index (χ1v) is 8.18. The van der Waals surface area contributed by atoms with Gasteiger partial charge in [-0.2, -0.15) is 0 Å². The van der Waals surface area contributed by atoms with Crippen LogP contribution in [-0.2, 0) is 6.54 Å². The Morgan fingerprint density at radius 1 is 1.15 bits per heavy atom. The van der Waals surface area contributed by atoms with E-state index in [-0.39, 0.29) is 18.0 Å². The van der Waals surface area contributed by atoms with Gasteiger partial charge in [0.15, 0.2) is 0 Å². The van der Waals surface area contributed by atoms with Crippen molar-refractivity contribution in [3.05, 3.63) is 82.8 Å². The monoisotopic (exact) mass is 355 g/mol. The number of amides is 1. The molecule has 134 valence electrons. The van der Waals surface area contributed by atoms with Gasteiger partial charge in [0.05, 0.1) is 5.56 Å². The summed E-state index contributed by atoms with van der Waals surface area (Å²) in [5, 5.41) is 0. The Kier molecular flexibility index (Phi) is 4.84. The number of rotatable bonds is 4. The zero-order valence-corrected chi connectivity index (χ0v) is 14.8. The normalized spacial score (nSPS) is 10.8. The second-order valence-corrected chi connectivity index (χ2v) is 6.21. The molecule has 0 aliphatic carbocycles. The third-order valence-electron chi connectivity index (χ3n) is 4.31. The fourth-order valence-electron chi connectivity index (χ4n) is 3.00. The molecule has 0 unspecified atom stereocenters. The molecule has 0 bridgehead atoms. The lowest BCUT2D eigenvalue weighted by Crippen LogP contribution is -2.27. The lowest BCUT2D eigenvalue weighted by Gasteiger charge is -2.18. The van der Waals surface area contributed by atoms with Crippen LogP contribution < -0.4 is 0 Å². The van der Waals surface area contributed by atoms with Gasteiger partial charge in [0.1, 0.15) is 17.5 Å². The molecular formula is C20H19F2N3O. The summed E-state index contributed by atoms with van der Waals surface area (Å²) < 4.78 is 28.8. The van der Waals surface area contributed by atoms with Gasteiger partial charge in [-0.25, -0.2) is 13.8 Å². The van der Waals surface area contributed by atoms with Crippen molar-refractivity contribution >= 4 is 5.91 Å². The molecule has 3 aromatic rings. The van der Waals surface area contributed by atoms with Gasteiger partial charge in [-0.15, -0.1) is 0 Å². The Morgan fingerprint density at radius 3 is 2.58 bits per heavy atom. The molecule has 0 N–H and O–H groups in total. The van der Waals surface area contributed by atoms with Crippen LogP contribution in [0.5, 0.6) is 0 Å². The van der Waals surface area contributed by atoms with Crippen molar-refractivity contribution in [1.29, 1.82) is 0 Å². The number of carbonyl (C=O) groups is 1. The molecule has 26 heavy (non-hydrogen) atoms. The number of pyridine rings is 1. The first kappa shape index (κ1) is 17.8. The molecule has 0 atom stereocenters. The lowest BCUT2D eigenvalue weighted by molar-refractivity contribution is 0.0783. The average Bonchev–Trinajstić information content (AvgIpc) is 2.91. The zero-order chi connectivity index (χ0) is 18.8. The van der Waals surface area contributed by atoms with Crippen LogP contribution in [0.1, 0.15) is 27.3 Å². The van der Waals surface area contributed by atoms with Crippen LogP contribution in [-0.4, -0.2) is 27.4 Å². The number of carbonyl (C=O) groups excluding carboxylic acids is 1. The van der Waals surface area contributed by atoms with Gasteiger partial charge in [-0.3, -0.25) is 4.79 Å². The fourth-order valence-corrected chi connectivity index (χ4v) is 3.00. The van der Waals surface area contributed by atoms with Crippen molar-refractivity contribution in [2.45, 2.75) is 20.4 Å². The van der Waals surface area contributed by atoms with Crippen LogP contribution >= 0.6 is 0 Å². The number of aryl methyl sites for hydroxylation is 1. The van der Waals surface area contributed by atoms with Crippen LogP contribution in [0.15, 0.2) is 48.7 Å². The van der Waals surface area contributed by atoms with Crippen LogP contribution in [0, 0.1) is 25.5 Å². The van der Waals surface area contributed by atoms with Crippen LogP contribution in [0.4, 0.5) is 8.78 Å². The Hall–Kier alpha value is -3.02. The Morgan fingerprint density at radius 2 is 1.92 bits per heavy atom. The molecule has 6 heteroatoms. The highest BCUT2D eigenvalue weighted by molar-refractivity contribution is 5.95. The maximum absolute atomic E-state index is 13.9. The maximum atomic E-state index is 13.9. The van der Waals surface area contributed by atoms with Crippen molar-refractivity contribution in [2.24, 2.45) is 0 Å². The average molecular weight is 355 g/mol. The Balaban J connectivity index is 1.88. The second-order valence-electron chi connectivity index (χ2n) is 6.21. The van der Waals surface area contributed by atoms with Gasteiger partial charge < -0.3 is 9.47 Å². The summed E-state index contributed by atoms with van der Waals surface area (Å²) >= 11 is 0. The Bertz CT molecular complexity index is 951. The molecular weight excluding hydrogens is 336 g/mol. The summed E-state index contributed by atoms with van der Waals surface area (Å²) in [6.45, 7) is 3.80. The molecule has 0 spiro atoms. The fraction of sp³-hybridized carbons (Fsp3) is 0.200. The predicted octanol–water partition coefficient (Wildman–Crippen LogP) is 4.04. The summed E-state index contributed by atoms with van der Waals surface area (Å²) in [7, 11) is 1.60. The van der Waals surface area contributed by atoms with E-state index in [0.29, 0.717) is 5.56 Å². The van der Waals surface area contributed by atoms with E-state index < -0.39 is 11.6 Å². The van der Waals surface area contributed by atoms with Gasteiger partial charge in [0.2, 0.25) is 0 Å². The van der Waals surface area contributed by atoms with E-state index in [9.17, 15) is 13.6 Å². The number of hydrogen-bond acceptors (Lipinski definition) is 2. The molecule has 0 fully saturated rings. The van der Waals surface area contributed by atoms with Crippen LogP contribution in [0.25, 0.3) is 5.82 Å². The highest BCUT2D eigenvalue weighted by Gasteiger charge is 2.21. The first-order valence-electron chi connectivity index (χ1n) is 8.18. The molecule has 0 aliphatic rings. The van der Waals surface area contributed by atoms with E-state index in [1.165, 1.54) is 17.0 Å². The zero-order valence-electron chi connectivity index (χ0n) is 14.8. The molecule has 0 radical (unpaired) electrons. The number of nitrogens with zero attached hydrogens (tertiary/aromatic N) is 3.